The van der Waals surface area contributed by atoms with Crippen LogP contribution < -0.4 is 4.90 Å². The van der Waals surface area contributed by atoms with Gasteiger partial charge in [0, 0.05) is 50.7 Å². The maximum Gasteiger partial charge on any atom is 0.185 e. The van der Waals surface area contributed by atoms with Gasteiger partial charge < -0.3 is 14.9 Å². The number of aromatic nitrogens is 1. The third-order valence-corrected chi connectivity index (χ3v) is 6.26. The molecule has 1 aromatic heterocycles. The summed E-state index contributed by atoms with van der Waals surface area (Å²) in [6, 6.07) is 0.695. The second kappa shape index (κ2) is 7.25. The number of nitrogens with zero attached hydrogens (tertiary/aromatic N) is 4. The third kappa shape index (κ3) is 3.62. The number of anilines is 1. The molecule has 22 heavy (non-hydrogen) atoms. The number of aliphatic hydroxyl groups excluding tert-OH is 1. The number of hydrogen-bond acceptors (Lipinski definition) is 6. The summed E-state index contributed by atoms with van der Waals surface area (Å²) in [7, 11) is 2.22. The molecule has 2 saturated heterocycles. The Hall–Kier alpha value is -0.690. The van der Waals surface area contributed by atoms with E-state index in [-0.39, 0.29) is 6.61 Å². The summed E-state index contributed by atoms with van der Waals surface area (Å²) in [5.41, 5.74) is 0.799. The first-order chi connectivity index (χ1) is 10.7. The van der Waals surface area contributed by atoms with Gasteiger partial charge in [-0.15, -0.1) is 11.3 Å². The molecular formula is C16H28N4OS. The Balaban J connectivity index is 1.50. The van der Waals surface area contributed by atoms with Gasteiger partial charge in [-0.1, -0.05) is 0 Å². The second-order valence-corrected chi connectivity index (χ2v) is 7.52. The zero-order chi connectivity index (χ0) is 15.5. The van der Waals surface area contributed by atoms with Crippen LogP contribution in [0.5, 0.6) is 0 Å². The molecule has 1 atom stereocenters. The molecule has 1 unspecified atom stereocenters. The lowest BCUT2D eigenvalue weighted by molar-refractivity contribution is 0.0814. The number of thiazole rings is 1. The lowest BCUT2D eigenvalue weighted by Gasteiger charge is -2.42. The number of rotatable bonds is 4. The Bertz CT molecular complexity index is 464. The van der Waals surface area contributed by atoms with Crippen LogP contribution in [0.1, 0.15) is 25.5 Å². The van der Waals surface area contributed by atoms with Crippen molar-refractivity contribution >= 4 is 16.5 Å². The highest BCUT2D eigenvalue weighted by Gasteiger charge is 2.29. The first kappa shape index (κ1) is 16.2. The average Bonchev–Trinajstić information content (AvgIpc) is 3.04. The lowest BCUT2D eigenvalue weighted by Crippen LogP contribution is -2.51. The standard InChI is InChI=1S/C16H28N4OS/c1-13(19-9-7-18(2)8-10-19)14-3-5-20(6-4-14)16-17-15(11-21)12-22-16/h12-14,21H,3-11H2,1-2H3. The van der Waals surface area contributed by atoms with E-state index in [1.54, 1.807) is 11.3 Å². The van der Waals surface area contributed by atoms with Crippen LogP contribution in [-0.4, -0.2) is 72.2 Å². The number of piperidine rings is 1. The normalized spacial score (nSPS) is 23.9. The van der Waals surface area contributed by atoms with Crippen molar-refractivity contribution in [1.29, 1.82) is 0 Å². The summed E-state index contributed by atoms with van der Waals surface area (Å²) in [6.07, 6.45) is 2.50. The predicted molar refractivity (Wildman–Crippen MR) is 91.5 cm³/mol. The Morgan fingerprint density at radius 1 is 1.23 bits per heavy atom. The fraction of sp³-hybridized carbons (Fsp3) is 0.812. The second-order valence-electron chi connectivity index (χ2n) is 6.68. The van der Waals surface area contributed by atoms with Gasteiger partial charge in [0.1, 0.15) is 0 Å². The van der Waals surface area contributed by atoms with E-state index in [1.807, 2.05) is 5.38 Å². The smallest absolute Gasteiger partial charge is 0.185 e. The van der Waals surface area contributed by atoms with Gasteiger partial charge in [-0.05, 0) is 32.7 Å². The van der Waals surface area contributed by atoms with E-state index in [2.05, 4.69) is 33.7 Å². The van der Waals surface area contributed by atoms with Crippen LogP contribution >= 0.6 is 11.3 Å². The summed E-state index contributed by atoms with van der Waals surface area (Å²) in [5, 5.41) is 12.2. The molecular weight excluding hydrogens is 296 g/mol. The van der Waals surface area contributed by atoms with Gasteiger partial charge in [0.05, 0.1) is 12.3 Å². The molecule has 3 heterocycles. The molecule has 2 aliphatic rings. The number of piperazine rings is 1. The van der Waals surface area contributed by atoms with Gasteiger partial charge in [-0.2, -0.15) is 0 Å². The monoisotopic (exact) mass is 324 g/mol. The first-order valence-electron chi connectivity index (χ1n) is 8.40. The molecule has 0 spiro atoms. The van der Waals surface area contributed by atoms with E-state index < -0.39 is 0 Å². The highest BCUT2D eigenvalue weighted by atomic mass is 32.1. The Morgan fingerprint density at radius 3 is 2.50 bits per heavy atom. The topological polar surface area (TPSA) is 42.8 Å². The average molecular weight is 324 g/mol. The number of likely N-dealkylation sites (N-methyl/N-ethyl adjacent to an activating group) is 1. The van der Waals surface area contributed by atoms with E-state index in [0.29, 0.717) is 6.04 Å². The van der Waals surface area contributed by atoms with E-state index in [4.69, 9.17) is 5.11 Å². The highest BCUT2D eigenvalue weighted by Crippen LogP contribution is 2.29. The van der Waals surface area contributed by atoms with E-state index >= 15 is 0 Å². The van der Waals surface area contributed by atoms with Crippen molar-refractivity contribution in [2.75, 3.05) is 51.2 Å². The van der Waals surface area contributed by atoms with Crippen molar-refractivity contribution in [1.82, 2.24) is 14.8 Å². The molecule has 0 aliphatic carbocycles. The van der Waals surface area contributed by atoms with E-state index in [1.165, 1.54) is 39.0 Å². The summed E-state index contributed by atoms with van der Waals surface area (Å²) in [5.74, 6) is 0.803. The Kier molecular flexibility index (Phi) is 5.33. The van der Waals surface area contributed by atoms with Crippen molar-refractivity contribution < 1.29 is 5.11 Å². The van der Waals surface area contributed by atoms with Gasteiger partial charge >= 0.3 is 0 Å². The van der Waals surface area contributed by atoms with Gasteiger partial charge in [-0.25, -0.2) is 4.98 Å². The molecule has 124 valence electrons. The first-order valence-corrected chi connectivity index (χ1v) is 9.28. The largest absolute Gasteiger partial charge is 0.390 e. The maximum absolute atomic E-state index is 9.14. The van der Waals surface area contributed by atoms with Crippen molar-refractivity contribution in [3.63, 3.8) is 0 Å². The van der Waals surface area contributed by atoms with Crippen LogP contribution in [0, 0.1) is 5.92 Å². The van der Waals surface area contributed by atoms with Gasteiger partial charge in [0.2, 0.25) is 0 Å². The van der Waals surface area contributed by atoms with Gasteiger partial charge in [0.15, 0.2) is 5.13 Å². The van der Waals surface area contributed by atoms with Crippen molar-refractivity contribution in [2.45, 2.75) is 32.4 Å². The number of aliphatic hydroxyl groups is 1. The SMILES string of the molecule is CC(C1CCN(c2nc(CO)cs2)CC1)N1CCN(C)CC1. The van der Waals surface area contributed by atoms with E-state index in [9.17, 15) is 0 Å². The fourth-order valence-corrected chi connectivity index (χ4v) is 4.48. The molecule has 5 nitrogen and oxygen atoms in total. The van der Waals surface area contributed by atoms with Gasteiger partial charge in [-0.3, -0.25) is 4.90 Å². The van der Waals surface area contributed by atoms with Gasteiger partial charge in [0.25, 0.3) is 0 Å². The zero-order valence-electron chi connectivity index (χ0n) is 13.7. The van der Waals surface area contributed by atoms with Crippen LogP contribution in [0.2, 0.25) is 0 Å². The Labute approximate surface area is 137 Å². The van der Waals surface area contributed by atoms with Crippen molar-refractivity contribution in [2.24, 2.45) is 5.92 Å². The highest BCUT2D eigenvalue weighted by molar-refractivity contribution is 7.13. The Morgan fingerprint density at radius 2 is 1.91 bits per heavy atom. The molecule has 6 heteroatoms. The van der Waals surface area contributed by atoms with Crippen LogP contribution in [0.15, 0.2) is 5.38 Å². The molecule has 0 bridgehead atoms. The molecule has 3 rings (SSSR count). The molecule has 1 N–H and O–H groups in total. The van der Waals surface area contributed by atoms with Crippen LogP contribution in [0.3, 0.4) is 0 Å². The molecule has 0 radical (unpaired) electrons. The molecule has 0 amide bonds. The van der Waals surface area contributed by atoms with Crippen molar-refractivity contribution in [3.8, 4) is 0 Å². The molecule has 0 saturated carbocycles. The minimum atomic E-state index is 0.0490. The van der Waals surface area contributed by atoms with Crippen LogP contribution in [-0.2, 0) is 6.61 Å². The molecule has 2 fully saturated rings. The lowest BCUT2D eigenvalue weighted by atomic mass is 9.89. The number of hydrogen-bond donors (Lipinski definition) is 1. The van der Waals surface area contributed by atoms with Crippen LogP contribution in [0.25, 0.3) is 0 Å². The minimum Gasteiger partial charge on any atom is -0.390 e. The minimum absolute atomic E-state index is 0.0490. The molecule has 2 aliphatic heterocycles. The fourth-order valence-electron chi connectivity index (χ4n) is 3.61. The predicted octanol–water partition coefficient (Wildman–Crippen LogP) is 1.49. The third-order valence-electron chi connectivity index (χ3n) is 5.31. The van der Waals surface area contributed by atoms with Crippen LogP contribution in [0.4, 0.5) is 5.13 Å². The molecule has 0 aromatic carbocycles. The quantitative estimate of drug-likeness (QED) is 0.909. The zero-order valence-corrected chi connectivity index (χ0v) is 14.6. The van der Waals surface area contributed by atoms with E-state index in [0.717, 1.165) is 29.8 Å². The van der Waals surface area contributed by atoms with Crippen molar-refractivity contribution in [3.05, 3.63) is 11.1 Å². The summed E-state index contributed by atoms with van der Waals surface area (Å²) in [6.45, 7) is 9.49. The summed E-state index contributed by atoms with van der Waals surface area (Å²) >= 11 is 1.66. The summed E-state index contributed by atoms with van der Waals surface area (Å²) < 4.78 is 0. The summed E-state index contributed by atoms with van der Waals surface area (Å²) in [4.78, 5) is 12.0. The molecule has 1 aromatic rings. The maximum atomic E-state index is 9.14.